The number of methoxy groups -OCH3 is 1. The van der Waals surface area contributed by atoms with E-state index in [0.717, 1.165) is 33.4 Å². The Morgan fingerprint density at radius 1 is 0.943 bits per heavy atom. The minimum atomic E-state index is -3.16. The van der Waals surface area contributed by atoms with Crippen LogP contribution < -0.4 is 15.0 Å². The second kappa shape index (κ2) is 9.52. The highest BCUT2D eigenvalue weighted by atomic mass is 32.2. The Bertz CT molecular complexity index is 1450. The summed E-state index contributed by atoms with van der Waals surface area (Å²) >= 11 is 0. The van der Waals surface area contributed by atoms with E-state index in [-0.39, 0.29) is 0 Å². The number of sulfonamides is 1. The van der Waals surface area contributed by atoms with Crippen LogP contribution in [-0.4, -0.2) is 62.2 Å². The fraction of sp³-hybridized carbons (Fsp3) is 0.231. The molecule has 5 rings (SSSR count). The Hall–Kier alpha value is -3.69. The highest BCUT2D eigenvalue weighted by molar-refractivity contribution is 7.88. The predicted molar refractivity (Wildman–Crippen MR) is 140 cm³/mol. The van der Waals surface area contributed by atoms with E-state index >= 15 is 0 Å². The Balaban J connectivity index is 1.40. The maximum Gasteiger partial charge on any atom is 0.227 e. The third-order valence-corrected chi connectivity index (χ3v) is 7.50. The molecule has 1 N–H and O–H groups in total. The summed E-state index contributed by atoms with van der Waals surface area (Å²) in [6.45, 7) is 2.18. The summed E-state index contributed by atoms with van der Waals surface area (Å²) in [5.41, 5.74) is 4.74. The van der Waals surface area contributed by atoms with Crippen LogP contribution in [0.5, 0.6) is 5.75 Å². The first kappa shape index (κ1) is 23.1. The van der Waals surface area contributed by atoms with Crippen molar-refractivity contribution in [2.24, 2.45) is 0 Å². The number of nitrogens with zero attached hydrogens (tertiary/aromatic N) is 4. The average Bonchev–Trinajstić information content (AvgIpc) is 2.88. The molecular weight excluding hydrogens is 462 g/mol. The fourth-order valence-corrected chi connectivity index (χ4v) is 5.17. The number of piperazine rings is 1. The van der Waals surface area contributed by atoms with Crippen LogP contribution in [0.2, 0.25) is 0 Å². The van der Waals surface area contributed by atoms with Gasteiger partial charge < -0.3 is 15.0 Å². The third kappa shape index (κ3) is 4.91. The molecule has 9 heteroatoms. The van der Waals surface area contributed by atoms with Gasteiger partial charge in [-0.2, -0.15) is 4.31 Å². The SMILES string of the molecule is COc1cc(N2CCN(S(C)(=O)=O)CC2)ccc1Nc1ncc2cccc(-c3ccccc3)c2n1. The number of hydrogen-bond donors (Lipinski definition) is 1. The van der Waals surface area contributed by atoms with Crippen molar-refractivity contribution < 1.29 is 13.2 Å². The number of nitrogens with one attached hydrogen (secondary N) is 1. The molecule has 0 spiro atoms. The molecule has 180 valence electrons. The molecule has 3 aromatic carbocycles. The Morgan fingerprint density at radius 3 is 2.43 bits per heavy atom. The van der Waals surface area contributed by atoms with Crippen LogP contribution in [-0.2, 0) is 10.0 Å². The van der Waals surface area contributed by atoms with Crippen molar-refractivity contribution in [3.63, 3.8) is 0 Å². The Kier molecular flexibility index (Phi) is 6.27. The molecule has 0 bridgehead atoms. The van der Waals surface area contributed by atoms with Crippen LogP contribution >= 0.6 is 0 Å². The van der Waals surface area contributed by atoms with Crippen LogP contribution in [0.3, 0.4) is 0 Å². The normalized spacial score (nSPS) is 14.7. The van der Waals surface area contributed by atoms with Gasteiger partial charge in [0, 0.05) is 55.1 Å². The van der Waals surface area contributed by atoms with Crippen molar-refractivity contribution in [3.05, 3.63) is 72.9 Å². The van der Waals surface area contributed by atoms with Crippen molar-refractivity contribution in [2.75, 3.05) is 49.8 Å². The number of fused-ring (bicyclic) bond motifs is 1. The molecular formula is C26H27N5O3S. The molecule has 8 nitrogen and oxygen atoms in total. The molecule has 4 aromatic rings. The lowest BCUT2D eigenvalue weighted by atomic mass is 10.0. The van der Waals surface area contributed by atoms with Crippen LogP contribution in [0.4, 0.5) is 17.3 Å². The summed E-state index contributed by atoms with van der Waals surface area (Å²) in [4.78, 5) is 11.5. The third-order valence-electron chi connectivity index (χ3n) is 6.20. The zero-order valence-corrected chi connectivity index (χ0v) is 20.5. The van der Waals surface area contributed by atoms with E-state index in [1.165, 1.54) is 10.6 Å². The largest absolute Gasteiger partial charge is 0.494 e. The van der Waals surface area contributed by atoms with Crippen molar-refractivity contribution >= 4 is 38.2 Å². The van der Waals surface area contributed by atoms with Gasteiger partial charge in [-0.25, -0.2) is 18.4 Å². The smallest absolute Gasteiger partial charge is 0.227 e. The summed E-state index contributed by atoms with van der Waals surface area (Å²) < 4.78 is 30.8. The number of para-hydroxylation sites is 1. The Morgan fingerprint density at radius 2 is 1.71 bits per heavy atom. The van der Waals surface area contributed by atoms with Crippen LogP contribution in [0, 0.1) is 0 Å². The summed E-state index contributed by atoms with van der Waals surface area (Å²) in [7, 11) is -1.54. The van der Waals surface area contributed by atoms with Gasteiger partial charge in [0.15, 0.2) is 0 Å². The van der Waals surface area contributed by atoms with E-state index < -0.39 is 10.0 Å². The van der Waals surface area contributed by atoms with Crippen molar-refractivity contribution in [1.29, 1.82) is 0 Å². The van der Waals surface area contributed by atoms with Crippen LogP contribution in [0.25, 0.3) is 22.0 Å². The van der Waals surface area contributed by atoms with E-state index in [9.17, 15) is 8.42 Å². The quantitative estimate of drug-likeness (QED) is 0.436. The van der Waals surface area contributed by atoms with Gasteiger partial charge in [-0.1, -0.05) is 48.5 Å². The molecule has 35 heavy (non-hydrogen) atoms. The lowest BCUT2D eigenvalue weighted by molar-refractivity contribution is 0.387. The molecule has 0 atom stereocenters. The van der Waals surface area contributed by atoms with Crippen LogP contribution in [0.15, 0.2) is 72.9 Å². The molecule has 0 amide bonds. The van der Waals surface area contributed by atoms with Gasteiger partial charge in [-0.3, -0.25) is 0 Å². The minimum Gasteiger partial charge on any atom is -0.494 e. The first-order valence-electron chi connectivity index (χ1n) is 11.4. The molecule has 1 aliphatic heterocycles. The average molecular weight is 490 g/mol. The monoisotopic (exact) mass is 489 g/mol. The first-order chi connectivity index (χ1) is 16.9. The molecule has 1 aliphatic rings. The highest BCUT2D eigenvalue weighted by Crippen LogP contribution is 2.33. The lowest BCUT2D eigenvalue weighted by Crippen LogP contribution is -2.48. The molecule has 2 heterocycles. The van der Waals surface area contributed by atoms with Crippen molar-refractivity contribution in [1.82, 2.24) is 14.3 Å². The van der Waals surface area contributed by atoms with Crippen LogP contribution in [0.1, 0.15) is 0 Å². The summed E-state index contributed by atoms with van der Waals surface area (Å²) in [6, 6.07) is 22.1. The number of benzene rings is 3. The van der Waals surface area contributed by atoms with Gasteiger partial charge in [0.2, 0.25) is 16.0 Å². The molecule has 1 saturated heterocycles. The molecule has 0 radical (unpaired) electrons. The number of hydrogen-bond acceptors (Lipinski definition) is 7. The van der Waals surface area contributed by atoms with Gasteiger partial charge in [0.05, 0.1) is 24.6 Å². The van der Waals surface area contributed by atoms with E-state index in [4.69, 9.17) is 9.72 Å². The molecule has 0 aliphatic carbocycles. The number of rotatable bonds is 6. The Labute approximate surface area is 205 Å². The van der Waals surface area contributed by atoms with E-state index in [2.05, 4.69) is 33.4 Å². The van der Waals surface area contributed by atoms with Crippen molar-refractivity contribution in [3.8, 4) is 16.9 Å². The zero-order valence-electron chi connectivity index (χ0n) is 19.7. The van der Waals surface area contributed by atoms with E-state index in [0.29, 0.717) is 37.9 Å². The van der Waals surface area contributed by atoms with E-state index in [1.54, 1.807) is 7.11 Å². The number of ether oxygens (including phenoxy) is 1. The highest BCUT2D eigenvalue weighted by Gasteiger charge is 2.24. The molecule has 0 unspecified atom stereocenters. The van der Waals surface area contributed by atoms with Gasteiger partial charge in [0.1, 0.15) is 5.75 Å². The second-order valence-corrected chi connectivity index (χ2v) is 10.4. The minimum absolute atomic E-state index is 0.468. The fourth-order valence-electron chi connectivity index (χ4n) is 4.34. The molecule has 1 aromatic heterocycles. The maximum atomic E-state index is 11.8. The zero-order chi connectivity index (χ0) is 24.4. The first-order valence-corrected chi connectivity index (χ1v) is 13.2. The lowest BCUT2D eigenvalue weighted by Gasteiger charge is -2.35. The molecule has 1 fully saturated rings. The van der Waals surface area contributed by atoms with Gasteiger partial charge >= 0.3 is 0 Å². The summed E-state index contributed by atoms with van der Waals surface area (Å²) in [5, 5.41) is 4.26. The summed E-state index contributed by atoms with van der Waals surface area (Å²) in [6.07, 6.45) is 3.07. The number of aromatic nitrogens is 2. The second-order valence-electron chi connectivity index (χ2n) is 8.46. The predicted octanol–water partition coefficient (Wildman–Crippen LogP) is 4.13. The van der Waals surface area contributed by atoms with Crippen molar-refractivity contribution in [2.45, 2.75) is 0 Å². The van der Waals surface area contributed by atoms with Gasteiger partial charge in [0.25, 0.3) is 0 Å². The van der Waals surface area contributed by atoms with E-state index in [1.807, 2.05) is 54.7 Å². The topological polar surface area (TPSA) is 87.7 Å². The van der Waals surface area contributed by atoms with Gasteiger partial charge in [-0.15, -0.1) is 0 Å². The number of anilines is 3. The van der Waals surface area contributed by atoms with Gasteiger partial charge in [-0.05, 0) is 17.7 Å². The molecule has 0 saturated carbocycles. The standard InChI is InChI=1S/C26H27N5O3S/c1-34-24-17-21(30-13-15-31(16-14-30)35(2,32)33)11-12-23(24)28-26-27-18-20-9-6-10-22(25(20)29-26)19-7-4-3-5-8-19/h3-12,17-18H,13-16H2,1-2H3,(H,27,28,29). The summed E-state index contributed by atoms with van der Waals surface area (Å²) in [5.74, 6) is 1.14. The maximum absolute atomic E-state index is 11.8.